The Balaban J connectivity index is 1.65. The van der Waals surface area contributed by atoms with E-state index in [1.54, 1.807) is 17.5 Å². The number of rotatable bonds is 12. The molecule has 1 saturated heterocycles. The molecule has 1 fully saturated rings. The molecule has 0 bridgehead atoms. The van der Waals surface area contributed by atoms with Gasteiger partial charge in [-0.2, -0.15) is 4.98 Å². The van der Waals surface area contributed by atoms with Crippen molar-refractivity contribution in [2.24, 2.45) is 0 Å². The summed E-state index contributed by atoms with van der Waals surface area (Å²) in [5, 5.41) is 0.897. The highest BCUT2D eigenvalue weighted by Crippen LogP contribution is 2.32. The monoisotopic (exact) mass is 478 g/mol. The van der Waals surface area contributed by atoms with E-state index in [1.165, 1.54) is 61.8 Å². The molecule has 2 aromatic heterocycles. The molecule has 0 amide bonds. The number of carbonyl (C=O) groups is 2. The Kier molecular flexibility index (Phi) is 9.43. The van der Waals surface area contributed by atoms with Crippen molar-refractivity contribution in [2.75, 3.05) is 6.61 Å². The molecule has 0 spiro atoms. The highest BCUT2D eigenvalue weighted by Gasteiger charge is 2.39. The fourth-order valence-electron chi connectivity index (χ4n) is 4.12. The van der Waals surface area contributed by atoms with E-state index in [4.69, 9.17) is 14.2 Å². The van der Waals surface area contributed by atoms with Crippen molar-refractivity contribution in [1.29, 1.82) is 0 Å². The van der Waals surface area contributed by atoms with E-state index in [-0.39, 0.29) is 13.0 Å². The van der Waals surface area contributed by atoms with Gasteiger partial charge < -0.3 is 14.2 Å². The topological polar surface area (TPSA) is 96.7 Å². The fraction of sp³-hybridized carbons (Fsp3) is 0.667. The van der Waals surface area contributed by atoms with Crippen LogP contribution in [0.1, 0.15) is 83.2 Å². The molecule has 2 aromatic rings. The summed E-state index contributed by atoms with van der Waals surface area (Å²) in [6.07, 6.45) is 9.96. The normalized spacial score (nSPS) is 20.3. The first kappa shape index (κ1) is 25.4. The van der Waals surface area contributed by atoms with Gasteiger partial charge in [0.15, 0.2) is 0 Å². The predicted molar refractivity (Wildman–Crippen MR) is 126 cm³/mol. The van der Waals surface area contributed by atoms with Crippen LogP contribution in [-0.2, 0) is 30.2 Å². The molecule has 3 atom stereocenters. The third kappa shape index (κ3) is 7.37. The predicted octanol–water partition coefficient (Wildman–Crippen LogP) is 4.53. The summed E-state index contributed by atoms with van der Waals surface area (Å²) < 4.78 is 17.8. The van der Waals surface area contributed by atoms with Gasteiger partial charge in [0.25, 0.3) is 0 Å². The number of ether oxygens (including phenoxy) is 3. The fourth-order valence-corrected chi connectivity index (χ4v) is 5.15. The van der Waals surface area contributed by atoms with Crippen LogP contribution in [0.15, 0.2) is 17.1 Å². The van der Waals surface area contributed by atoms with Crippen LogP contribution in [0.2, 0.25) is 0 Å². The first-order chi connectivity index (χ1) is 15.9. The summed E-state index contributed by atoms with van der Waals surface area (Å²) in [6.45, 7) is 4.80. The Bertz CT molecular complexity index is 1000. The van der Waals surface area contributed by atoms with E-state index in [0.717, 1.165) is 23.1 Å². The number of esters is 2. The van der Waals surface area contributed by atoms with Crippen molar-refractivity contribution >= 4 is 33.5 Å². The Morgan fingerprint density at radius 2 is 1.88 bits per heavy atom. The summed E-state index contributed by atoms with van der Waals surface area (Å²) in [5.74, 6) is -0.901. The zero-order valence-electron chi connectivity index (χ0n) is 19.7. The van der Waals surface area contributed by atoms with Gasteiger partial charge in [-0.1, -0.05) is 45.4 Å². The zero-order chi connectivity index (χ0) is 23.8. The summed E-state index contributed by atoms with van der Waals surface area (Å²) in [7, 11) is 0. The highest BCUT2D eigenvalue weighted by molar-refractivity contribution is 7.18. The molecular weight excluding hydrogens is 444 g/mol. The maximum absolute atomic E-state index is 12.7. The molecule has 0 saturated carbocycles. The van der Waals surface area contributed by atoms with E-state index in [2.05, 4.69) is 18.0 Å². The van der Waals surface area contributed by atoms with Crippen LogP contribution in [0, 0.1) is 0 Å². The first-order valence-electron chi connectivity index (χ1n) is 11.8. The zero-order valence-corrected chi connectivity index (χ0v) is 20.5. The summed E-state index contributed by atoms with van der Waals surface area (Å²) >= 11 is 1.56. The van der Waals surface area contributed by atoms with Crippen molar-refractivity contribution in [2.45, 2.75) is 97.0 Å². The van der Waals surface area contributed by atoms with Crippen molar-refractivity contribution in [3.05, 3.63) is 27.6 Å². The molecule has 3 heterocycles. The van der Waals surface area contributed by atoms with Crippen LogP contribution in [0.5, 0.6) is 0 Å². The number of carbonyl (C=O) groups excluding carboxylic acids is 2. The van der Waals surface area contributed by atoms with Crippen LogP contribution in [0.3, 0.4) is 0 Å². The van der Waals surface area contributed by atoms with E-state index >= 15 is 0 Å². The van der Waals surface area contributed by atoms with Gasteiger partial charge in [0, 0.05) is 36.7 Å². The lowest BCUT2D eigenvalue weighted by Crippen LogP contribution is -2.31. The second-order valence-corrected chi connectivity index (χ2v) is 9.71. The van der Waals surface area contributed by atoms with Gasteiger partial charge in [-0.15, -0.1) is 11.3 Å². The van der Waals surface area contributed by atoms with Crippen molar-refractivity contribution < 1.29 is 23.8 Å². The van der Waals surface area contributed by atoms with Crippen LogP contribution < -0.4 is 5.69 Å². The van der Waals surface area contributed by atoms with E-state index in [0.29, 0.717) is 0 Å². The Labute approximate surface area is 198 Å². The minimum Gasteiger partial charge on any atom is -0.463 e. The molecule has 1 aliphatic rings. The minimum absolute atomic E-state index is 0.0464. The average Bonchev–Trinajstić information content (AvgIpc) is 3.33. The first-order valence-corrected chi connectivity index (χ1v) is 12.7. The molecule has 0 N–H and O–H groups in total. The van der Waals surface area contributed by atoms with E-state index < -0.39 is 36.1 Å². The van der Waals surface area contributed by atoms with Gasteiger partial charge in [0.2, 0.25) is 0 Å². The molecule has 1 aliphatic heterocycles. The van der Waals surface area contributed by atoms with Crippen molar-refractivity contribution in [3.8, 4) is 0 Å². The lowest BCUT2D eigenvalue weighted by atomic mass is 10.1. The van der Waals surface area contributed by atoms with Crippen LogP contribution in [-0.4, -0.2) is 40.3 Å². The Morgan fingerprint density at radius 1 is 1.15 bits per heavy atom. The van der Waals surface area contributed by atoms with Crippen LogP contribution in [0.4, 0.5) is 0 Å². The maximum atomic E-state index is 12.7. The third-order valence-corrected chi connectivity index (χ3v) is 6.88. The number of aromatic nitrogens is 2. The SMILES string of the molecule is CCCCCCCCCc1cc2cn([C@H]3C[C@H](OC(C)=O)[C@@H](COC(C)=O)O3)c(=O)nc2s1. The van der Waals surface area contributed by atoms with E-state index in [9.17, 15) is 14.4 Å². The molecule has 3 rings (SSSR count). The quantitative estimate of drug-likeness (QED) is 0.326. The second kappa shape index (κ2) is 12.3. The molecule has 182 valence electrons. The lowest BCUT2D eigenvalue weighted by molar-refractivity contribution is -0.155. The van der Waals surface area contributed by atoms with Gasteiger partial charge in [-0.05, 0) is 18.9 Å². The lowest BCUT2D eigenvalue weighted by Gasteiger charge is -2.17. The van der Waals surface area contributed by atoms with Crippen molar-refractivity contribution in [3.63, 3.8) is 0 Å². The largest absolute Gasteiger partial charge is 0.463 e. The molecule has 0 unspecified atom stereocenters. The molecule has 0 radical (unpaired) electrons. The molecule has 9 heteroatoms. The number of fused-ring (bicyclic) bond motifs is 1. The molecule has 0 aromatic carbocycles. The maximum Gasteiger partial charge on any atom is 0.351 e. The van der Waals surface area contributed by atoms with Gasteiger partial charge in [0.05, 0.1) is 0 Å². The summed E-state index contributed by atoms with van der Waals surface area (Å²) in [6, 6.07) is 2.09. The van der Waals surface area contributed by atoms with Gasteiger partial charge >= 0.3 is 17.6 Å². The van der Waals surface area contributed by atoms with Gasteiger partial charge in [0.1, 0.15) is 29.9 Å². The molecule has 0 aliphatic carbocycles. The average molecular weight is 479 g/mol. The molecule has 8 nitrogen and oxygen atoms in total. The van der Waals surface area contributed by atoms with Gasteiger partial charge in [-0.3, -0.25) is 14.2 Å². The number of unbranched alkanes of at least 4 members (excludes halogenated alkanes) is 6. The molecule has 33 heavy (non-hydrogen) atoms. The smallest absolute Gasteiger partial charge is 0.351 e. The van der Waals surface area contributed by atoms with Gasteiger partial charge in [-0.25, -0.2) is 4.79 Å². The number of aryl methyl sites for hydroxylation is 1. The standard InChI is InChI=1S/C24H34N2O6S/c1-4-5-6-7-8-9-10-11-19-12-18-14-26(24(29)25-23(18)33-19)22-13-20(31-17(3)28)21(32-22)15-30-16(2)27/h12,14,20-22H,4-11,13,15H2,1-3H3/t20-,21+,22+/m0/s1. The number of nitrogens with zero attached hydrogens (tertiary/aromatic N) is 2. The Morgan fingerprint density at radius 3 is 2.58 bits per heavy atom. The number of hydrogen-bond acceptors (Lipinski definition) is 8. The third-order valence-electron chi connectivity index (χ3n) is 5.77. The summed E-state index contributed by atoms with van der Waals surface area (Å²) in [4.78, 5) is 41.6. The Hall–Kier alpha value is -2.26. The van der Waals surface area contributed by atoms with Crippen molar-refractivity contribution in [1.82, 2.24) is 9.55 Å². The second-order valence-electron chi connectivity index (χ2n) is 8.59. The van der Waals surface area contributed by atoms with Crippen LogP contribution >= 0.6 is 11.3 Å². The number of hydrogen-bond donors (Lipinski definition) is 0. The van der Waals surface area contributed by atoms with Crippen LogP contribution in [0.25, 0.3) is 10.2 Å². The minimum atomic E-state index is -0.647. The van der Waals surface area contributed by atoms with E-state index in [1.807, 2.05) is 0 Å². The molecular formula is C24H34N2O6S. The highest BCUT2D eigenvalue weighted by atomic mass is 32.1. The number of thiophene rings is 1. The summed E-state index contributed by atoms with van der Waals surface area (Å²) in [5.41, 5.74) is -0.411.